The summed E-state index contributed by atoms with van der Waals surface area (Å²) in [6, 6.07) is 6.19. The fourth-order valence-electron chi connectivity index (χ4n) is 2.05. The monoisotopic (exact) mass is 393 g/mol. The van der Waals surface area contributed by atoms with Crippen LogP contribution in [0.1, 0.15) is 30.1 Å². The van der Waals surface area contributed by atoms with Gasteiger partial charge in [0.05, 0.1) is 5.56 Å². The van der Waals surface area contributed by atoms with Crippen molar-refractivity contribution in [2.75, 3.05) is 6.54 Å². The number of hydrogen-bond acceptors (Lipinski definition) is 1. The maximum atomic E-state index is 12.3. The Morgan fingerprint density at radius 2 is 2.31 bits per heavy atom. The first-order valence-corrected chi connectivity index (χ1v) is 7.23. The van der Waals surface area contributed by atoms with E-state index in [0.717, 1.165) is 33.0 Å². The van der Waals surface area contributed by atoms with Gasteiger partial charge in [0.25, 0.3) is 5.91 Å². The van der Waals surface area contributed by atoms with Gasteiger partial charge in [0, 0.05) is 20.6 Å². The van der Waals surface area contributed by atoms with E-state index in [1.165, 1.54) is 0 Å². The molecule has 1 atom stereocenters. The zero-order valence-corrected chi connectivity index (χ0v) is 12.8. The Balaban J connectivity index is 2.27. The molecule has 1 aliphatic rings. The molecule has 1 unspecified atom stereocenters. The highest BCUT2D eigenvalue weighted by atomic mass is 127. The summed E-state index contributed by atoms with van der Waals surface area (Å²) in [5, 5.41) is 0. The molecule has 4 heteroatoms. The van der Waals surface area contributed by atoms with E-state index in [4.69, 9.17) is 0 Å². The van der Waals surface area contributed by atoms with E-state index in [0.29, 0.717) is 6.04 Å². The predicted octanol–water partition coefficient (Wildman–Crippen LogP) is 3.68. The van der Waals surface area contributed by atoms with Crippen molar-refractivity contribution in [2.45, 2.75) is 25.8 Å². The second kappa shape index (κ2) is 5.04. The molecule has 1 amide bonds. The second-order valence-electron chi connectivity index (χ2n) is 4.11. The lowest BCUT2D eigenvalue weighted by Gasteiger charge is -2.22. The molecule has 16 heavy (non-hydrogen) atoms. The quantitative estimate of drug-likeness (QED) is 0.666. The van der Waals surface area contributed by atoms with Crippen LogP contribution in [0.25, 0.3) is 0 Å². The van der Waals surface area contributed by atoms with Crippen LogP contribution in [0.5, 0.6) is 0 Å². The number of halogens is 2. The van der Waals surface area contributed by atoms with Crippen LogP contribution in [0.2, 0.25) is 0 Å². The highest BCUT2D eigenvalue weighted by molar-refractivity contribution is 14.1. The molecule has 86 valence electrons. The molecule has 0 N–H and O–H groups in total. The van der Waals surface area contributed by atoms with E-state index in [1.807, 2.05) is 23.1 Å². The number of nitrogens with zero attached hydrogens (tertiary/aromatic N) is 1. The molecular weight excluding hydrogens is 381 g/mol. The summed E-state index contributed by atoms with van der Waals surface area (Å²) < 4.78 is 2.03. The van der Waals surface area contributed by atoms with Crippen LogP contribution >= 0.6 is 38.5 Å². The zero-order chi connectivity index (χ0) is 11.7. The Labute approximate surface area is 118 Å². The minimum Gasteiger partial charge on any atom is -0.336 e. The van der Waals surface area contributed by atoms with E-state index in [9.17, 15) is 4.79 Å². The van der Waals surface area contributed by atoms with E-state index < -0.39 is 0 Å². The molecule has 0 radical (unpaired) electrons. The third-order valence-corrected chi connectivity index (χ3v) is 4.36. The lowest BCUT2D eigenvalue weighted by Crippen LogP contribution is -2.34. The molecular formula is C12H13BrINO. The van der Waals surface area contributed by atoms with Gasteiger partial charge in [-0.1, -0.05) is 15.9 Å². The molecule has 1 fully saturated rings. The summed E-state index contributed by atoms with van der Waals surface area (Å²) in [6.45, 7) is 3.02. The minimum atomic E-state index is 0.168. The first kappa shape index (κ1) is 12.4. The SMILES string of the molecule is CC1CCCN1C(=O)c1ccc(Br)cc1I. The lowest BCUT2D eigenvalue weighted by molar-refractivity contribution is 0.0746. The third-order valence-electron chi connectivity index (χ3n) is 2.98. The Morgan fingerprint density at radius 3 is 2.88 bits per heavy atom. The van der Waals surface area contributed by atoms with E-state index in [1.54, 1.807) is 0 Å². The van der Waals surface area contributed by atoms with Crippen LogP contribution in [0.3, 0.4) is 0 Å². The topological polar surface area (TPSA) is 20.3 Å². The van der Waals surface area contributed by atoms with Gasteiger partial charge in [0.2, 0.25) is 0 Å². The van der Waals surface area contributed by atoms with Gasteiger partial charge in [-0.2, -0.15) is 0 Å². The number of carbonyl (C=O) groups excluding carboxylic acids is 1. The fraction of sp³-hybridized carbons (Fsp3) is 0.417. The largest absolute Gasteiger partial charge is 0.336 e. The summed E-state index contributed by atoms with van der Waals surface area (Å²) in [5.41, 5.74) is 0.817. The van der Waals surface area contributed by atoms with E-state index in [-0.39, 0.29) is 5.91 Å². The number of likely N-dealkylation sites (tertiary alicyclic amines) is 1. The van der Waals surface area contributed by atoms with Gasteiger partial charge in [-0.05, 0) is 60.6 Å². The summed E-state index contributed by atoms with van der Waals surface area (Å²) in [6.07, 6.45) is 2.25. The maximum absolute atomic E-state index is 12.3. The smallest absolute Gasteiger partial charge is 0.255 e. The Bertz CT molecular complexity index is 421. The molecule has 2 rings (SSSR count). The highest BCUT2D eigenvalue weighted by Gasteiger charge is 2.26. The number of hydrogen-bond donors (Lipinski definition) is 0. The first-order valence-electron chi connectivity index (χ1n) is 5.35. The van der Waals surface area contributed by atoms with Crippen LogP contribution in [-0.4, -0.2) is 23.4 Å². The van der Waals surface area contributed by atoms with Gasteiger partial charge in [-0.25, -0.2) is 0 Å². The highest BCUT2D eigenvalue weighted by Crippen LogP contribution is 2.24. The van der Waals surface area contributed by atoms with Gasteiger partial charge < -0.3 is 4.90 Å². The predicted molar refractivity (Wildman–Crippen MR) is 76.6 cm³/mol. The van der Waals surface area contributed by atoms with Crippen LogP contribution < -0.4 is 0 Å². The van der Waals surface area contributed by atoms with E-state index in [2.05, 4.69) is 45.4 Å². The molecule has 0 aliphatic carbocycles. The summed E-state index contributed by atoms with van der Waals surface area (Å²) in [7, 11) is 0. The van der Waals surface area contributed by atoms with Gasteiger partial charge in [0.1, 0.15) is 0 Å². The fourth-order valence-corrected chi connectivity index (χ4v) is 3.59. The van der Waals surface area contributed by atoms with Crippen molar-refractivity contribution in [3.63, 3.8) is 0 Å². The van der Waals surface area contributed by atoms with Crippen molar-refractivity contribution < 1.29 is 4.79 Å². The van der Waals surface area contributed by atoms with Crippen molar-refractivity contribution in [1.29, 1.82) is 0 Å². The van der Waals surface area contributed by atoms with Crippen molar-refractivity contribution >= 4 is 44.4 Å². The number of carbonyl (C=O) groups is 1. The molecule has 0 bridgehead atoms. The maximum Gasteiger partial charge on any atom is 0.255 e. The number of rotatable bonds is 1. The molecule has 1 aromatic rings. The van der Waals surface area contributed by atoms with Gasteiger partial charge in [-0.15, -0.1) is 0 Å². The second-order valence-corrected chi connectivity index (χ2v) is 6.19. The number of amides is 1. The Morgan fingerprint density at radius 1 is 1.56 bits per heavy atom. The van der Waals surface area contributed by atoms with Gasteiger partial charge in [0.15, 0.2) is 0 Å². The Hall–Kier alpha value is -0.100. The van der Waals surface area contributed by atoms with Crippen molar-refractivity contribution in [3.8, 4) is 0 Å². The summed E-state index contributed by atoms with van der Waals surface area (Å²) in [4.78, 5) is 14.3. The van der Waals surface area contributed by atoms with Crippen LogP contribution in [-0.2, 0) is 0 Å². The third kappa shape index (κ3) is 2.42. The van der Waals surface area contributed by atoms with Crippen molar-refractivity contribution in [3.05, 3.63) is 31.8 Å². The molecule has 2 nitrogen and oxygen atoms in total. The minimum absolute atomic E-state index is 0.168. The Kier molecular flexibility index (Phi) is 3.89. The van der Waals surface area contributed by atoms with Crippen molar-refractivity contribution in [1.82, 2.24) is 4.90 Å². The average Bonchev–Trinajstić information content (AvgIpc) is 2.63. The van der Waals surface area contributed by atoms with Crippen molar-refractivity contribution in [2.24, 2.45) is 0 Å². The standard InChI is InChI=1S/C12H13BrINO/c1-8-3-2-6-15(8)12(16)10-5-4-9(13)7-11(10)14/h4-5,7-8H,2-3,6H2,1H3. The molecule has 0 aromatic heterocycles. The van der Waals surface area contributed by atoms with Gasteiger partial charge in [-0.3, -0.25) is 4.79 Å². The molecule has 1 aromatic carbocycles. The normalized spacial score (nSPS) is 20.2. The van der Waals surface area contributed by atoms with Crippen LogP contribution in [0, 0.1) is 3.57 Å². The van der Waals surface area contributed by atoms with Gasteiger partial charge >= 0.3 is 0 Å². The van der Waals surface area contributed by atoms with Crippen LogP contribution in [0.15, 0.2) is 22.7 Å². The molecule has 0 saturated carbocycles. The molecule has 1 aliphatic heterocycles. The zero-order valence-electron chi connectivity index (χ0n) is 9.04. The first-order chi connectivity index (χ1) is 7.59. The number of benzene rings is 1. The summed E-state index contributed by atoms with van der Waals surface area (Å²) in [5.74, 6) is 0.168. The average molecular weight is 394 g/mol. The lowest BCUT2D eigenvalue weighted by atomic mass is 10.2. The molecule has 1 saturated heterocycles. The van der Waals surface area contributed by atoms with E-state index >= 15 is 0 Å². The van der Waals surface area contributed by atoms with Crippen LogP contribution in [0.4, 0.5) is 0 Å². The molecule has 1 heterocycles. The summed E-state index contributed by atoms with van der Waals surface area (Å²) >= 11 is 5.63. The molecule has 0 spiro atoms.